The van der Waals surface area contributed by atoms with Crippen molar-refractivity contribution >= 4 is 29.9 Å². The van der Waals surface area contributed by atoms with Gasteiger partial charge in [0.05, 0.1) is 7.11 Å². The summed E-state index contributed by atoms with van der Waals surface area (Å²) < 4.78 is 7.19. The lowest BCUT2D eigenvalue weighted by atomic mass is 10.1. The second kappa shape index (κ2) is 14.2. The molecular formula is C22H37IN6O. The molecule has 7 nitrogen and oxygen atoms in total. The maximum atomic E-state index is 5.22. The number of guanidine groups is 1. The minimum atomic E-state index is 0. The zero-order chi connectivity index (χ0) is 21.1. The van der Waals surface area contributed by atoms with Crippen LogP contribution < -0.4 is 15.4 Å². The number of methoxy groups -OCH3 is 1. The normalized spacial score (nSPS) is 11.3. The van der Waals surface area contributed by atoms with Gasteiger partial charge < -0.3 is 19.9 Å². The average molecular weight is 528 g/mol. The molecule has 0 fully saturated rings. The van der Waals surface area contributed by atoms with Gasteiger partial charge in [-0.3, -0.25) is 0 Å². The molecule has 8 heteroatoms. The molecule has 1 heterocycles. The van der Waals surface area contributed by atoms with Gasteiger partial charge in [0.25, 0.3) is 0 Å². The van der Waals surface area contributed by atoms with Crippen LogP contribution >= 0.6 is 24.0 Å². The molecule has 1 aromatic carbocycles. The first-order chi connectivity index (χ1) is 14.0. The second-order valence-corrected chi connectivity index (χ2v) is 7.73. The molecule has 30 heavy (non-hydrogen) atoms. The molecule has 0 radical (unpaired) electrons. The Morgan fingerprint density at radius 3 is 2.40 bits per heavy atom. The van der Waals surface area contributed by atoms with Crippen molar-refractivity contribution in [1.82, 2.24) is 25.4 Å². The van der Waals surface area contributed by atoms with Crippen molar-refractivity contribution in [1.29, 1.82) is 0 Å². The van der Waals surface area contributed by atoms with E-state index in [1.807, 2.05) is 30.7 Å². The van der Waals surface area contributed by atoms with E-state index in [0.717, 1.165) is 55.2 Å². The molecule has 0 saturated heterocycles. The first kappa shape index (κ1) is 26.2. The summed E-state index contributed by atoms with van der Waals surface area (Å²) in [5.74, 6) is 4.21. The molecule has 0 aliphatic carbocycles. The molecule has 0 aliphatic heterocycles. The number of nitrogens with zero attached hydrogens (tertiary/aromatic N) is 4. The number of rotatable bonds is 11. The van der Waals surface area contributed by atoms with E-state index in [2.05, 4.69) is 46.8 Å². The van der Waals surface area contributed by atoms with Crippen LogP contribution in [0.2, 0.25) is 0 Å². The van der Waals surface area contributed by atoms with Crippen LogP contribution in [0.25, 0.3) is 0 Å². The highest BCUT2D eigenvalue weighted by molar-refractivity contribution is 14.0. The lowest BCUT2D eigenvalue weighted by Gasteiger charge is -2.13. The van der Waals surface area contributed by atoms with Crippen molar-refractivity contribution in [2.75, 3.05) is 20.2 Å². The van der Waals surface area contributed by atoms with Crippen LogP contribution in [0.5, 0.6) is 5.75 Å². The van der Waals surface area contributed by atoms with Crippen LogP contribution in [0.4, 0.5) is 0 Å². The number of aryl methyl sites for hydroxylation is 1. The summed E-state index contributed by atoms with van der Waals surface area (Å²) in [6, 6.07) is 8.18. The highest BCUT2D eigenvalue weighted by Crippen LogP contribution is 2.11. The van der Waals surface area contributed by atoms with E-state index < -0.39 is 0 Å². The summed E-state index contributed by atoms with van der Waals surface area (Å²) in [5, 5.41) is 15.2. The van der Waals surface area contributed by atoms with Crippen molar-refractivity contribution in [3.63, 3.8) is 0 Å². The monoisotopic (exact) mass is 528 g/mol. The van der Waals surface area contributed by atoms with Crippen LogP contribution in [0.1, 0.15) is 50.3 Å². The fourth-order valence-electron chi connectivity index (χ4n) is 2.91. The molecule has 0 aliphatic rings. The highest BCUT2D eigenvalue weighted by Gasteiger charge is 2.05. The van der Waals surface area contributed by atoms with Crippen LogP contribution in [0, 0.1) is 12.8 Å². The molecule has 1 aromatic heterocycles. The summed E-state index contributed by atoms with van der Waals surface area (Å²) in [5.41, 5.74) is 1.26. The van der Waals surface area contributed by atoms with E-state index in [1.165, 1.54) is 18.4 Å². The van der Waals surface area contributed by atoms with Gasteiger partial charge in [0, 0.05) is 20.1 Å². The van der Waals surface area contributed by atoms with E-state index in [1.54, 1.807) is 7.11 Å². The number of ether oxygens (including phenoxy) is 1. The Morgan fingerprint density at radius 1 is 1.10 bits per heavy atom. The van der Waals surface area contributed by atoms with Crippen molar-refractivity contribution in [3.8, 4) is 5.75 Å². The average Bonchev–Trinajstić information content (AvgIpc) is 3.03. The Balaban J connectivity index is 0.00000450. The number of aliphatic imine (C=N–C) groups is 1. The molecule has 0 amide bonds. The zero-order valence-electron chi connectivity index (χ0n) is 18.9. The van der Waals surface area contributed by atoms with Crippen molar-refractivity contribution < 1.29 is 4.74 Å². The van der Waals surface area contributed by atoms with E-state index in [4.69, 9.17) is 9.73 Å². The van der Waals surface area contributed by atoms with E-state index in [-0.39, 0.29) is 24.0 Å². The summed E-state index contributed by atoms with van der Waals surface area (Å²) in [6.07, 6.45) is 4.55. The van der Waals surface area contributed by atoms with Crippen molar-refractivity contribution in [2.45, 2.75) is 53.0 Å². The zero-order valence-corrected chi connectivity index (χ0v) is 21.3. The summed E-state index contributed by atoms with van der Waals surface area (Å²) >= 11 is 0. The molecule has 168 valence electrons. The topological polar surface area (TPSA) is 76.4 Å². The number of nitrogens with one attached hydrogen (secondary N) is 2. The van der Waals surface area contributed by atoms with E-state index in [0.29, 0.717) is 6.54 Å². The van der Waals surface area contributed by atoms with Crippen molar-refractivity contribution in [3.05, 3.63) is 41.5 Å². The lowest BCUT2D eigenvalue weighted by molar-refractivity contribution is 0.414. The third kappa shape index (κ3) is 9.32. The minimum absolute atomic E-state index is 0. The minimum Gasteiger partial charge on any atom is -0.497 e. The van der Waals surface area contributed by atoms with Crippen LogP contribution in [0.3, 0.4) is 0 Å². The quantitative estimate of drug-likeness (QED) is 0.201. The first-order valence-corrected chi connectivity index (χ1v) is 10.5. The van der Waals surface area contributed by atoms with Gasteiger partial charge >= 0.3 is 0 Å². The number of benzene rings is 1. The second-order valence-electron chi connectivity index (χ2n) is 7.73. The van der Waals surface area contributed by atoms with Crippen LogP contribution in [0.15, 0.2) is 29.3 Å². The predicted molar refractivity (Wildman–Crippen MR) is 134 cm³/mol. The molecule has 2 rings (SSSR count). The Hall–Kier alpha value is -1.84. The van der Waals surface area contributed by atoms with Crippen molar-refractivity contribution in [2.24, 2.45) is 18.0 Å². The fraction of sp³-hybridized carbons (Fsp3) is 0.591. The molecule has 0 bridgehead atoms. The van der Waals surface area contributed by atoms with Gasteiger partial charge in [-0.1, -0.05) is 38.8 Å². The van der Waals surface area contributed by atoms with Gasteiger partial charge in [-0.2, -0.15) is 0 Å². The molecule has 2 aromatic rings. The first-order valence-electron chi connectivity index (χ1n) is 10.5. The number of halogens is 1. The highest BCUT2D eigenvalue weighted by atomic mass is 127. The van der Waals surface area contributed by atoms with Gasteiger partial charge in [0.2, 0.25) is 0 Å². The molecule has 0 unspecified atom stereocenters. The Kier molecular flexibility index (Phi) is 12.4. The smallest absolute Gasteiger partial charge is 0.191 e. The van der Waals surface area contributed by atoms with Gasteiger partial charge in [0.15, 0.2) is 11.8 Å². The Labute approximate surface area is 198 Å². The molecule has 2 N–H and O–H groups in total. The standard InChI is InChI=1S/C22H36N6O.HI/c1-17(2)8-6-7-14-23-22(25-16-21-27-26-18(3)28(21)4)24-15-13-19-9-11-20(29-5)12-10-19;/h9-12,17H,6-8,13-16H2,1-5H3,(H2,23,24,25);1H. The molecule has 0 spiro atoms. The third-order valence-corrected chi connectivity index (χ3v) is 4.93. The van der Waals surface area contributed by atoms with Gasteiger partial charge in [-0.25, -0.2) is 4.99 Å². The summed E-state index contributed by atoms with van der Waals surface area (Å²) in [6.45, 7) is 8.71. The molecular weight excluding hydrogens is 491 g/mol. The van der Waals surface area contributed by atoms with E-state index >= 15 is 0 Å². The Bertz CT molecular complexity index is 757. The van der Waals surface area contributed by atoms with Crippen LogP contribution in [-0.4, -0.2) is 40.9 Å². The van der Waals surface area contributed by atoms with E-state index in [9.17, 15) is 0 Å². The van der Waals surface area contributed by atoms with Gasteiger partial charge in [-0.15, -0.1) is 34.2 Å². The SMILES string of the molecule is COc1ccc(CCNC(=NCc2nnc(C)n2C)NCCCCC(C)C)cc1.I. The Morgan fingerprint density at radius 2 is 1.80 bits per heavy atom. The largest absolute Gasteiger partial charge is 0.497 e. The maximum absolute atomic E-state index is 5.22. The number of aromatic nitrogens is 3. The number of unbranched alkanes of at least 4 members (excludes halogenated alkanes) is 1. The summed E-state index contributed by atoms with van der Waals surface area (Å²) in [4.78, 5) is 4.71. The molecule has 0 atom stereocenters. The lowest BCUT2D eigenvalue weighted by Crippen LogP contribution is -2.39. The predicted octanol–water partition coefficient (Wildman–Crippen LogP) is 3.85. The number of hydrogen-bond donors (Lipinski definition) is 2. The van der Waals surface area contributed by atoms with Crippen LogP contribution in [-0.2, 0) is 20.0 Å². The fourth-order valence-corrected chi connectivity index (χ4v) is 2.91. The van der Waals surface area contributed by atoms with Gasteiger partial charge in [-0.05, 0) is 43.4 Å². The molecule has 0 saturated carbocycles. The maximum Gasteiger partial charge on any atom is 0.191 e. The summed E-state index contributed by atoms with van der Waals surface area (Å²) in [7, 11) is 3.65. The number of hydrogen-bond acceptors (Lipinski definition) is 4. The third-order valence-electron chi connectivity index (χ3n) is 4.93. The van der Waals surface area contributed by atoms with Gasteiger partial charge in [0.1, 0.15) is 18.1 Å².